The van der Waals surface area contributed by atoms with E-state index in [1.165, 1.54) is 0 Å². The largest absolute Gasteiger partial charge is 0.369 e. The van der Waals surface area contributed by atoms with Crippen LogP contribution in [0, 0.1) is 19.8 Å². The average molecular weight is 250 g/mol. The van der Waals surface area contributed by atoms with Crippen LogP contribution in [0.1, 0.15) is 28.5 Å². The molecule has 1 atom stereocenters. The number of amides is 1. The molecule has 0 aliphatic carbocycles. The molecule has 18 heavy (non-hydrogen) atoms. The van der Waals surface area contributed by atoms with Crippen LogP contribution in [0.25, 0.3) is 0 Å². The first kappa shape index (κ1) is 14.4. The third kappa shape index (κ3) is 3.70. The van der Waals surface area contributed by atoms with E-state index in [1.807, 2.05) is 27.0 Å². The van der Waals surface area contributed by atoms with Crippen molar-refractivity contribution >= 4 is 11.7 Å². The molecule has 0 aromatic carbocycles. The molecule has 1 rings (SSSR count). The summed E-state index contributed by atoms with van der Waals surface area (Å²) in [5.74, 6) is 0.588. The van der Waals surface area contributed by atoms with Gasteiger partial charge in [0.1, 0.15) is 5.82 Å². The van der Waals surface area contributed by atoms with Crippen LogP contribution in [-0.2, 0) is 0 Å². The minimum absolute atomic E-state index is 0.441. The average Bonchev–Trinajstić information content (AvgIpc) is 2.25. The number of aryl methyl sites for hydroxylation is 2. The number of nitrogens with zero attached hydrogens (tertiary/aromatic N) is 1. The van der Waals surface area contributed by atoms with E-state index in [1.54, 1.807) is 0 Å². The van der Waals surface area contributed by atoms with Gasteiger partial charge in [-0.25, -0.2) is 4.98 Å². The van der Waals surface area contributed by atoms with Crippen molar-refractivity contribution in [3.8, 4) is 0 Å². The molecule has 1 amide bonds. The summed E-state index contributed by atoms with van der Waals surface area (Å²) in [6.45, 7) is 7.55. The van der Waals surface area contributed by atoms with Gasteiger partial charge in [0.15, 0.2) is 0 Å². The van der Waals surface area contributed by atoms with Crippen molar-refractivity contribution in [3.05, 3.63) is 22.9 Å². The number of primary amides is 1. The van der Waals surface area contributed by atoms with E-state index >= 15 is 0 Å². The Bertz CT molecular complexity index is 431. The summed E-state index contributed by atoms with van der Waals surface area (Å²) in [5, 5.41) is 6.32. The van der Waals surface area contributed by atoms with Gasteiger partial charge in [0.2, 0.25) is 0 Å². The van der Waals surface area contributed by atoms with E-state index in [4.69, 9.17) is 5.73 Å². The third-order valence-electron chi connectivity index (χ3n) is 2.76. The van der Waals surface area contributed by atoms with Crippen LogP contribution >= 0.6 is 0 Å². The summed E-state index contributed by atoms with van der Waals surface area (Å²) < 4.78 is 0. The Balaban J connectivity index is 2.90. The maximum Gasteiger partial charge on any atom is 0.252 e. The molecule has 1 heterocycles. The summed E-state index contributed by atoms with van der Waals surface area (Å²) in [6, 6.07) is 1.86. The second-order valence-corrected chi connectivity index (χ2v) is 4.71. The van der Waals surface area contributed by atoms with E-state index in [2.05, 4.69) is 22.5 Å². The highest BCUT2D eigenvalue weighted by molar-refractivity contribution is 5.99. The summed E-state index contributed by atoms with van der Waals surface area (Å²) in [4.78, 5) is 15.8. The lowest BCUT2D eigenvalue weighted by Gasteiger charge is -2.16. The van der Waals surface area contributed by atoms with Gasteiger partial charge < -0.3 is 16.4 Å². The number of rotatable bonds is 6. The van der Waals surface area contributed by atoms with Crippen LogP contribution in [0.15, 0.2) is 6.07 Å². The van der Waals surface area contributed by atoms with E-state index in [0.29, 0.717) is 17.3 Å². The Hall–Kier alpha value is -1.62. The normalized spacial score (nSPS) is 12.2. The van der Waals surface area contributed by atoms with Gasteiger partial charge >= 0.3 is 0 Å². The van der Waals surface area contributed by atoms with Gasteiger partial charge in [-0.15, -0.1) is 0 Å². The van der Waals surface area contributed by atoms with E-state index in [9.17, 15) is 4.79 Å². The molecule has 4 N–H and O–H groups in total. The molecule has 0 aliphatic heterocycles. The lowest BCUT2D eigenvalue weighted by molar-refractivity contribution is 0.1000. The monoisotopic (exact) mass is 250 g/mol. The van der Waals surface area contributed by atoms with Crippen LogP contribution < -0.4 is 16.4 Å². The highest BCUT2D eigenvalue weighted by Crippen LogP contribution is 2.18. The van der Waals surface area contributed by atoms with E-state index in [-0.39, 0.29) is 0 Å². The Labute approximate surface area is 108 Å². The molecule has 0 saturated heterocycles. The topological polar surface area (TPSA) is 80.0 Å². The smallest absolute Gasteiger partial charge is 0.252 e. The molecule has 0 spiro atoms. The predicted molar refractivity (Wildman–Crippen MR) is 73.8 cm³/mol. The molecule has 1 unspecified atom stereocenters. The predicted octanol–water partition coefficient (Wildman–Crippen LogP) is 1.06. The van der Waals surface area contributed by atoms with Gasteiger partial charge in [0.25, 0.3) is 5.91 Å². The van der Waals surface area contributed by atoms with Crippen molar-refractivity contribution in [3.63, 3.8) is 0 Å². The van der Waals surface area contributed by atoms with Crippen LogP contribution in [0.4, 0.5) is 5.82 Å². The number of aromatic nitrogens is 1. The Morgan fingerprint density at radius 1 is 1.44 bits per heavy atom. The first-order valence-electron chi connectivity index (χ1n) is 6.12. The van der Waals surface area contributed by atoms with Gasteiger partial charge in [-0.1, -0.05) is 6.92 Å². The molecule has 1 aromatic heterocycles. The molecule has 0 saturated carbocycles. The fourth-order valence-corrected chi connectivity index (χ4v) is 1.97. The second kappa shape index (κ2) is 6.35. The van der Waals surface area contributed by atoms with Crippen LogP contribution in [0.2, 0.25) is 0 Å². The number of pyridine rings is 1. The van der Waals surface area contributed by atoms with Crippen molar-refractivity contribution in [1.29, 1.82) is 0 Å². The van der Waals surface area contributed by atoms with Gasteiger partial charge in [-0.2, -0.15) is 0 Å². The Morgan fingerprint density at radius 3 is 2.67 bits per heavy atom. The number of hydrogen-bond donors (Lipinski definition) is 3. The Kier molecular flexibility index (Phi) is 5.09. The summed E-state index contributed by atoms with van der Waals surface area (Å²) >= 11 is 0. The van der Waals surface area contributed by atoms with Crippen molar-refractivity contribution in [1.82, 2.24) is 10.3 Å². The van der Waals surface area contributed by atoms with Gasteiger partial charge in [0, 0.05) is 12.2 Å². The summed E-state index contributed by atoms with van der Waals surface area (Å²) in [6.07, 6.45) is 0. The number of anilines is 1. The van der Waals surface area contributed by atoms with E-state index in [0.717, 1.165) is 24.3 Å². The number of nitrogens with one attached hydrogen (secondary N) is 2. The minimum atomic E-state index is -0.441. The summed E-state index contributed by atoms with van der Waals surface area (Å²) in [5.41, 5.74) is 7.62. The number of hydrogen-bond acceptors (Lipinski definition) is 4. The molecular weight excluding hydrogens is 228 g/mol. The molecule has 0 aliphatic rings. The van der Waals surface area contributed by atoms with Crippen LogP contribution in [0.5, 0.6) is 0 Å². The number of carbonyl (C=O) groups excluding carboxylic acids is 1. The van der Waals surface area contributed by atoms with Gasteiger partial charge in [-0.05, 0) is 45.0 Å². The van der Waals surface area contributed by atoms with Crippen molar-refractivity contribution in [2.75, 3.05) is 25.5 Å². The Morgan fingerprint density at radius 2 is 2.11 bits per heavy atom. The fraction of sp³-hybridized carbons (Fsp3) is 0.538. The minimum Gasteiger partial charge on any atom is -0.369 e. The number of carbonyl (C=O) groups is 1. The fourth-order valence-electron chi connectivity index (χ4n) is 1.97. The lowest BCUT2D eigenvalue weighted by atomic mass is 10.1. The van der Waals surface area contributed by atoms with Crippen molar-refractivity contribution in [2.24, 2.45) is 11.7 Å². The van der Waals surface area contributed by atoms with Gasteiger partial charge in [0.05, 0.1) is 5.56 Å². The zero-order valence-electron chi connectivity index (χ0n) is 11.5. The molecule has 1 aromatic rings. The van der Waals surface area contributed by atoms with Crippen LogP contribution in [-0.4, -0.2) is 31.0 Å². The molecular formula is C13H22N4O. The van der Waals surface area contributed by atoms with Crippen molar-refractivity contribution in [2.45, 2.75) is 20.8 Å². The lowest BCUT2D eigenvalue weighted by Crippen LogP contribution is -2.25. The number of nitrogens with two attached hydrogens (primary N) is 1. The molecule has 0 radical (unpaired) electrons. The zero-order valence-corrected chi connectivity index (χ0v) is 11.5. The highest BCUT2D eigenvalue weighted by Gasteiger charge is 2.14. The molecule has 0 fully saturated rings. The van der Waals surface area contributed by atoms with Crippen LogP contribution in [0.3, 0.4) is 0 Å². The maximum absolute atomic E-state index is 11.5. The van der Waals surface area contributed by atoms with Crippen molar-refractivity contribution < 1.29 is 4.79 Å². The van der Waals surface area contributed by atoms with Gasteiger partial charge in [-0.3, -0.25) is 4.79 Å². The quantitative estimate of drug-likeness (QED) is 0.705. The zero-order chi connectivity index (χ0) is 13.7. The SMILES string of the molecule is CNCC(C)CNc1nc(C)cc(C)c1C(N)=O. The molecule has 5 heteroatoms. The summed E-state index contributed by atoms with van der Waals surface area (Å²) in [7, 11) is 1.92. The standard InChI is InChI=1S/C13H22N4O/c1-8(6-15-4)7-16-13-11(12(14)18)9(2)5-10(3)17-13/h5,8,15H,6-7H2,1-4H3,(H2,14,18)(H,16,17). The maximum atomic E-state index is 11.5. The second-order valence-electron chi connectivity index (χ2n) is 4.71. The van der Waals surface area contributed by atoms with E-state index < -0.39 is 5.91 Å². The first-order valence-corrected chi connectivity index (χ1v) is 6.12. The molecule has 100 valence electrons. The molecule has 0 bridgehead atoms. The molecule has 5 nitrogen and oxygen atoms in total. The third-order valence-corrected chi connectivity index (χ3v) is 2.76. The first-order chi connectivity index (χ1) is 8.45. The highest BCUT2D eigenvalue weighted by atomic mass is 16.1.